The molecule has 2 N–H and O–H groups in total. The van der Waals surface area contributed by atoms with E-state index in [1.165, 1.54) is 6.07 Å². The van der Waals surface area contributed by atoms with Crippen LogP contribution >= 0.6 is 0 Å². The van der Waals surface area contributed by atoms with E-state index in [1.807, 2.05) is 44.2 Å². The monoisotopic (exact) mass is 398 g/mol. The van der Waals surface area contributed by atoms with Crippen molar-refractivity contribution in [2.24, 2.45) is 0 Å². The fourth-order valence-corrected chi connectivity index (χ4v) is 4.13. The van der Waals surface area contributed by atoms with Gasteiger partial charge in [0.25, 0.3) is 5.91 Å². The number of hydrogen-bond acceptors (Lipinski definition) is 3. The van der Waals surface area contributed by atoms with Crippen LogP contribution in [0.4, 0.5) is 0 Å². The maximum atomic E-state index is 12.8. The van der Waals surface area contributed by atoms with Crippen molar-refractivity contribution in [2.45, 2.75) is 50.6 Å². The number of terminal acetylenes is 1. The second kappa shape index (κ2) is 9.05. The minimum atomic E-state index is -3.78. The zero-order chi connectivity index (χ0) is 20.8. The number of rotatable bonds is 8. The molecule has 28 heavy (non-hydrogen) atoms. The van der Waals surface area contributed by atoms with Crippen molar-refractivity contribution >= 4 is 15.9 Å². The molecule has 0 saturated carbocycles. The van der Waals surface area contributed by atoms with Gasteiger partial charge in [-0.15, -0.1) is 6.42 Å². The largest absolute Gasteiger partial charge is 0.336 e. The minimum absolute atomic E-state index is 0.0791. The maximum Gasteiger partial charge on any atom is 0.252 e. The van der Waals surface area contributed by atoms with E-state index >= 15 is 0 Å². The van der Waals surface area contributed by atoms with E-state index in [9.17, 15) is 13.2 Å². The van der Waals surface area contributed by atoms with Crippen LogP contribution in [0.25, 0.3) is 0 Å². The van der Waals surface area contributed by atoms with Gasteiger partial charge in [0.05, 0.1) is 4.90 Å². The standard InChI is InChI=1S/C22H26N2O3S/c1-5-22(6-2,7-3)24-21(25)19-14-13-17(4)20(15-19)28(26,27)23-16-18-11-9-8-10-12-18/h1,8-15,23H,6-7,16H2,2-4H3,(H,24,25). The Bertz CT molecular complexity index is 973. The number of benzene rings is 2. The Morgan fingerprint density at radius 2 is 1.75 bits per heavy atom. The predicted octanol–water partition coefficient (Wildman–Crippen LogP) is 3.40. The third kappa shape index (κ3) is 5.00. The molecule has 0 bridgehead atoms. The lowest BCUT2D eigenvalue weighted by Gasteiger charge is -2.27. The minimum Gasteiger partial charge on any atom is -0.336 e. The van der Waals surface area contributed by atoms with E-state index in [1.54, 1.807) is 19.1 Å². The molecule has 0 atom stereocenters. The smallest absolute Gasteiger partial charge is 0.252 e. The molecule has 0 radical (unpaired) electrons. The van der Waals surface area contributed by atoms with Crippen LogP contribution in [0.15, 0.2) is 53.4 Å². The first-order valence-corrected chi connectivity index (χ1v) is 10.7. The highest BCUT2D eigenvalue weighted by atomic mass is 32.2. The molecule has 0 heterocycles. The van der Waals surface area contributed by atoms with Crippen molar-refractivity contribution in [3.63, 3.8) is 0 Å². The molecule has 0 aromatic heterocycles. The summed E-state index contributed by atoms with van der Waals surface area (Å²) in [5.74, 6) is 2.26. The Labute approximate surface area is 167 Å². The summed E-state index contributed by atoms with van der Waals surface area (Å²) in [4.78, 5) is 12.8. The molecule has 148 valence electrons. The highest BCUT2D eigenvalue weighted by Gasteiger charge is 2.27. The molecule has 2 aromatic carbocycles. The summed E-state index contributed by atoms with van der Waals surface area (Å²) >= 11 is 0. The van der Waals surface area contributed by atoms with Crippen LogP contribution < -0.4 is 10.0 Å². The van der Waals surface area contributed by atoms with Gasteiger partial charge < -0.3 is 5.32 Å². The predicted molar refractivity (Wildman–Crippen MR) is 111 cm³/mol. The van der Waals surface area contributed by atoms with Gasteiger partial charge in [0.1, 0.15) is 5.54 Å². The van der Waals surface area contributed by atoms with Gasteiger partial charge in [-0.1, -0.05) is 56.2 Å². The van der Waals surface area contributed by atoms with E-state index in [4.69, 9.17) is 6.42 Å². The number of nitrogens with one attached hydrogen (secondary N) is 2. The van der Waals surface area contributed by atoms with Crippen LogP contribution in [0.1, 0.15) is 48.2 Å². The van der Waals surface area contributed by atoms with Crippen molar-refractivity contribution in [1.29, 1.82) is 0 Å². The average molecular weight is 399 g/mol. The Morgan fingerprint density at radius 1 is 1.11 bits per heavy atom. The first-order chi connectivity index (χ1) is 13.3. The number of carbonyl (C=O) groups excluding carboxylic acids is 1. The lowest BCUT2D eigenvalue weighted by Crippen LogP contribution is -2.46. The van der Waals surface area contributed by atoms with Gasteiger partial charge in [0, 0.05) is 12.1 Å². The van der Waals surface area contributed by atoms with Gasteiger partial charge >= 0.3 is 0 Å². The van der Waals surface area contributed by atoms with Crippen LogP contribution in [0, 0.1) is 19.3 Å². The summed E-state index contributed by atoms with van der Waals surface area (Å²) in [5, 5.41) is 2.86. The van der Waals surface area contributed by atoms with Crippen molar-refractivity contribution < 1.29 is 13.2 Å². The normalized spacial score (nSPS) is 11.6. The summed E-state index contributed by atoms with van der Waals surface area (Å²) in [7, 11) is -3.78. The lowest BCUT2D eigenvalue weighted by atomic mass is 9.93. The van der Waals surface area contributed by atoms with Crippen molar-refractivity contribution in [3.8, 4) is 12.3 Å². The summed E-state index contributed by atoms with van der Waals surface area (Å²) in [5.41, 5.74) is 0.924. The molecule has 0 saturated heterocycles. The van der Waals surface area contributed by atoms with Crippen LogP contribution in [-0.4, -0.2) is 19.9 Å². The molecule has 0 unspecified atom stereocenters. The van der Waals surface area contributed by atoms with E-state index < -0.39 is 15.6 Å². The van der Waals surface area contributed by atoms with Crippen molar-refractivity contribution in [1.82, 2.24) is 10.0 Å². The number of aryl methyl sites for hydroxylation is 1. The molecule has 6 heteroatoms. The number of sulfonamides is 1. The Hall–Kier alpha value is -2.62. The van der Waals surface area contributed by atoms with Crippen LogP contribution in [-0.2, 0) is 16.6 Å². The quantitative estimate of drug-likeness (QED) is 0.669. The molecule has 1 amide bonds. The number of hydrogen-bond donors (Lipinski definition) is 2. The maximum absolute atomic E-state index is 12.8. The molecule has 0 aliphatic carbocycles. The molecule has 0 fully saturated rings. The number of amides is 1. The highest BCUT2D eigenvalue weighted by molar-refractivity contribution is 7.89. The molecule has 2 rings (SSSR count). The van der Waals surface area contributed by atoms with Crippen molar-refractivity contribution in [2.75, 3.05) is 0 Å². The topological polar surface area (TPSA) is 75.3 Å². The Balaban J connectivity index is 2.27. The van der Waals surface area contributed by atoms with E-state index in [0.29, 0.717) is 18.4 Å². The second-order valence-electron chi connectivity index (χ2n) is 6.68. The fourth-order valence-electron chi connectivity index (χ4n) is 2.84. The zero-order valence-electron chi connectivity index (χ0n) is 16.5. The first kappa shape index (κ1) is 21.7. The summed E-state index contributed by atoms with van der Waals surface area (Å²) in [6.45, 7) is 5.68. The lowest BCUT2D eigenvalue weighted by molar-refractivity contribution is 0.0916. The first-order valence-electron chi connectivity index (χ1n) is 9.21. The van der Waals surface area contributed by atoms with Crippen molar-refractivity contribution in [3.05, 3.63) is 65.2 Å². The van der Waals surface area contributed by atoms with Gasteiger partial charge in [-0.3, -0.25) is 4.79 Å². The van der Waals surface area contributed by atoms with E-state index in [0.717, 1.165) is 5.56 Å². The highest BCUT2D eigenvalue weighted by Crippen LogP contribution is 2.20. The number of carbonyl (C=O) groups is 1. The molecule has 0 spiro atoms. The average Bonchev–Trinajstić information content (AvgIpc) is 2.71. The third-order valence-corrected chi connectivity index (χ3v) is 6.43. The zero-order valence-corrected chi connectivity index (χ0v) is 17.3. The Kier molecular flexibility index (Phi) is 7.00. The van der Waals surface area contributed by atoms with Gasteiger partial charge in [-0.05, 0) is 43.0 Å². The molecular weight excluding hydrogens is 372 g/mol. The summed E-state index contributed by atoms with van der Waals surface area (Å²) in [6.07, 6.45) is 6.77. The van der Waals surface area contributed by atoms with Gasteiger partial charge in [-0.25, -0.2) is 13.1 Å². The fraction of sp³-hybridized carbons (Fsp3) is 0.318. The van der Waals surface area contributed by atoms with Gasteiger partial charge in [0.2, 0.25) is 10.0 Å². The SMILES string of the molecule is C#CC(CC)(CC)NC(=O)c1ccc(C)c(S(=O)(=O)NCc2ccccc2)c1. The van der Waals surface area contributed by atoms with Crippen LogP contribution in [0.3, 0.4) is 0 Å². The molecule has 2 aromatic rings. The van der Waals surface area contributed by atoms with Gasteiger partial charge in [-0.2, -0.15) is 0 Å². The van der Waals surface area contributed by atoms with E-state index in [-0.39, 0.29) is 22.9 Å². The molecule has 0 aliphatic heterocycles. The third-order valence-electron chi connectivity index (χ3n) is 4.89. The second-order valence-corrected chi connectivity index (χ2v) is 8.41. The molecule has 5 nitrogen and oxygen atoms in total. The molecule has 0 aliphatic rings. The summed E-state index contributed by atoms with van der Waals surface area (Å²) < 4.78 is 28.1. The summed E-state index contributed by atoms with van der Waals surface area (Å²) in [6, 6.07) is 13.9. The Morgan fingerprint density at radius 3 is 2.32 bits per heavy atom. The van der Waals surface area contributed by atoms with E-state index in [2.05, 4.69) is 16.0 Å². The van der Waals surface area contributed by atoms with Crippen LogP contribution in [0.2, 0.25) is 0 Å². The van der Waals surface area contributed by atoms with Gasteiger partial charge in [0.15, 0.2) is 0 Å². The molecular formula is C22H26N2O3S. The van der Waals surface area contributed by atoms with Crippen LogP contribution in [0.5, 0.6) is 0 Å².